The fraction of sp³-hybridized carbons (Fsp3) is 0.538. The molecule has 0 spiro atoms. The zero-order valence-corrected chi connectivity index (χ0v) is 11.6. The van der Waals surface area contributed by atoms with Gasteiger partial charge in [-0.05, 0) is 24.8 Å². The predicted octanol–water partition coefficient (Wildman–Crippen LogP) is 1.73. The molecule has 0 atom stereocenters. The molecular formula is C13H17ClN2O3. The lowest BCUT2D eigenvalue weighted by molar-refractivity contribution is 0.0600. The number of aliphatic hydroxyl groups is 1. The van der Waals surface area contributed by atoms with Gasteiger partial charge in [-0.15, -0.1) is 0 Å². The van der Waals surface area contributed by atoms with Crippen molar-refractivity contribution in [1.29, 1.82) is 0 Å². The van der Waals surface area contributed by atoms with Gasteiger partial charge in [0.25, 0.3) is 0 Å². The molecule has 0 unspecified atom stereocenters. The highest BCUT2D eigenvalue weighted by Crippen LogP contribution is 2.28. The highest BCUT2D eigenvalue weighted by atomic mass is 35.5. The first-order valence-electron chi connectivity index (χ1n) is 6.25. The van der Waals surface area contributed by atoms with Crippen molar-refractivity contribution in [3.05, 3.63) is 23.0 Å². The smallest absolute Gasteiger partial charge is 0.341 e. The van der Waals surface area contributed by atoms with Crippen molar-refractivity contribution in [3.8, 4) is 0 Å². The molecule has 2 rings (SSSR count). The van der Waals surface area contributed by atoms with Gasteiger partial charge in [-0.25, -0.2) is 9.78 Å². The molecule has 2 heterocycles. The average molecular weight is 285 g/mol. The molecule has 0 aliphatic carbocycles. The summed E-state index contributed by atoms with van der Waals surface area (Å²) in [7, 11) is 1.35. The number of hydrogen-bond donors (Lipinski definition) is 1. The normalized spacial score (nSPS) is 16.5. The van der Waals surface area contributed by atoms with Gasteiger partial charge >= 0.3 is 5.97 Å². The number of aromatic nitrogens is 1. The van der Waals surface area contributed by atoms with Crippen LogP contribution >= 0.6 is 11.6 Å². The molecule has 1 aromatic rings. The van der Waals surface area contributed by atoms with Gasteiger partial charge in [0, 0.05) is 25.9 Å². The van der Waals surface area contributed by atoms with Crippen molar-refractivity contribution < 1.29 is 14.6 Å². The van der Waals surface area contributed by atoms with Crippen LogP contribution in [0.25, 0.3) is 0 Å². The maximum Gasteiger partial charge on any atom is 0.341 e. The van der Waals surface area contributed by atoms with Gasteiger partial charge in [0.15, 0.2) is 0 Å². The number of hydrogen-bond acceptors (Lipinski definition) is 5. The fourth-order valence-electron chi connectivity index (χ4n) is 2.31. The van der Waals surface area contributed by atoms with Crippen LogP contribution in [0.1, 0.15) is 23.2 Å². The standard InChI is InChI=1S/C13H17ClN2O3/c1-19-13(18)10-7-15-12(14)6-11(10)16-4-2-9(8-17)3-5-16/h6-7,9,17H,2-5,8H2,1H3. The molecule has 0 bridgehead atoms. The lowest BCUT2D eigenvalue weighted by Gasteiger charge is -2.33. The lowest BCUT2D eigenvalue weighted by Crippen LogP contribution is -2.35. The second-order valence-corrected chi connectivity index (χ2v) is 5.02. The molecule has 104 valence electrons. The number of anilines is 1. The van der Waals surface area contributed by atoms with E-state index in [1.54, 1.807) is 6.07 Å². The molecule has 1 aliphatic heterocycles. The minimum Gasteiger partial charge on any atom is -0.465 e. The number of esters is 1. The quantitative estimate of drug-likeness (QED) is 0.676. The van der Waals surface area contributed by atoms with Crippen LogP contribution in [0.2, 0.25) is 5.15 Å². The van der Waals surface area contributed by atoms with E-state index in [-0.39, 0.29) is 6.61 Å². The van der Waals surface area contributed by atoms with Crippen molar-refractivity contribution >= 4 is 23.3 Å². The van der Waals surface area contributed by atoms with Crippen molar-refractivity contribution in [2.45, 2.75) is 12.8 Å². The Kier molecular flexibility index (Phi) is 4.61. The first kappa shape index (κ1) is 14.1. The van der Waals surface area contributed by atoms with Gasteiger partial charge in [0.2, 0.25) is 0 Å². The Bertz CT molecular complexity index is 459. The Morgan fingerprint density at radius 3 is 2.84 bits per heavy atom. The number of carbonyl (C=O) groups excluding carboxylic acids is 1. The number of methoxy groups -OCH3 is 1. The van der Waals surface area contributed by atoms with E-state index in [2.05, 4.69) is 9.88 Å². The van der Waals surface area contributed by atoms with Gasteiger partial charge in [0.1, 0.15) is 10.7 Å². The average Bonchev–Trinajstić information content (AvgIpc) is 2.46. The van der Waals surface area contributed by atoms with Crippen LogP contribution in [0.4, 0.5) is 5.69 Å². The van der Waals surface area contributed by atoms with E-state index in [1.165, 1.54) is 13.3 Å². The molecular weight excluding hydrogens is 268 g/mol. The number of ether oxygens (including phenoxy) is 1. The maximum absolute atomic E-state index is 11.7. The molecule has 1 N–H and O–H groups in total. The Morgan fingerprint density at radius 2 is 2.26 bits per heavy atom. The largest absolute Gasteiger partial charge is 0.465 e. The molecule has 0 amide bonds. The summed E-state index contributed by atoms with van der Waals surface area (Å²) >= 11 is 5.91. The summed E-state index contributed by atoms with van der Waals surface area (Å²) in [4.78, 5) is 17.8. The summed E-state index contributed by atoms with van der Waals surface area (Å²) in [6.07, 6.45) is 3.25. The zero-order chi connectivity index (χ0) is 13.8. The summed E-state index contributed by atoms with van der Waals surface area (Å²) in [5.41, 5.74) is 1.18. The number of halogens is 1. The second-order valence-electron chi connectivity index (χ2n) is 4.63. The molecule has 6 heteroatoms. The SMILES string of the molecule is COC(=O)c1cnc(Cl)cc1N1CCC(CO)CC1. The van der Waals surface area contributed by atoms with Gasteiger partial charge in [-0.1, -0.05) is 11.6 Å². The molecule has 19 heavy (non-hydrogen) atoms. The van der Waals surface area contributed by atoms with Crippen LogP contribution < -0.4 is 4.90 Å². The topological polar surface area (TPSA) is 62.7 Å². The first-order chi connectivity index (χ1) is 9.15. The van der Waals surface area contributed by atoms with Gasteiger partial charge in [0.05, 0.1) is 12.8 Å². The monoisotopic (exact) mass is 284 g/mol. The molecule has 0 saturated carbocycles. The molecule has 1 saturated heterocycles. The third-order valence-corrected chi connectivity index (χ3v) is 3.67. The fourth-order valence-corrected chi connectivity index (χ4v) is 2.46. The summed E-state index contributed by atoms with van der Waals surface area (Å²) in [5, 5.41) is 9.50. The van der Waals surface area contributed by atoms with Crippen molar-refractivity contribution in [3.63, 3.8) is 0 Å². The molecule has 0 aromatic carbocycles. The highest BCUT2D eigenvalue weighted by Gasteiger charge is 2.23. The van der Waals surface area contributed by atoms with Crippen molar-refractivity contribution in [2.75, 3.05) is 31.7 Å². The molecule has 5 nitrogen and oxygen atoms in total. The number of pyridine rings is 1. The molecule has 0 radical (unpaired) electrons. The predicted molar refractivity (Wildman–Crippen MR) is 72.6 cm³/mol. The summed E-state index contributed by atoms with van der Waals surface area (Å²) < 4.78 is 4.76. The van der Waals surface area contributed by atoms with E-state index in [0.717, 1.165) is 31.6 Å². The highest BCUT2D eigenvalue weighted by molar-refractivity contribution is 6.29. The third kappa shape index (κ3) is 3.16. The van der Waals surface area contributed by atoms with Crippen LogP contribution in [-0.2, 0) is 4.74 Å². The first-order valence-corrected chi connectivity index (χ1v) is 6.63. The molecule has 1 fully saturated rings. The molecule has 1 aromatic heterocycles. The van der Waals surface area contributed by atoms with Crippen molar-refractivity contribution in [2.24, 2.45) is 5.92 Å². The number of piperidine rings is 1. The Hall–Kier alpha value is -1.33. The van der Waals surface area contributed by atoms with Gasteiger partial charge < -0.3 is 14.7 Å². The van der Waals surface area contributed by atoms with Gasteiger partial charge in [-0.3, -0.25) is 0 Å². The lowest BCUT2D eigenvalue weighted by atomic mass is 9.97. The van der Waals surface area contributed by atoms with E-state index in [9.17, 15) is 4.79 Å². The van der Waals surface area contributed by atoms with E-state index < -0.39 is 5.97 Å². The van der Waals surface area contributed by atoms with Gasteiger partial charge in [-0.2, -0.15) is 0 Å². The van der Waals surface area contributed by atoms with Crippen LogP contribution in [0, 0.1) is 5.92 Å². The third-order valence-electron chi connectivity index (χ3n) is 3.47. The number of carbonyl (C=O) groups is 1. The zero-order valence-electron chi connectivity index (χ0n) is 10.8. The van der Waals surface area contributed by atoms with E-state index in [4.69, 9.17) is 21.4 Å². The van der Waals surface area contributed by atoms with Crippen LogP contribution in [0.15, 0.2) is 12.3 Å². The number of nitrogens with zero attached hydrogens (tertiary/aromatic N) is 2. The number of aliphatic hydroxyl groups excluding tert-OH is 1. The summed E-state index contributed by atoms with van der Waals surface area (Å²) in [6, 6.07) is 1.69. The second kappa shape index (κ2) is 6.21. The van der Waals surface area contributed by atoms with Crippen LogP contribution in [-0.4, -0.2) is 42.9 Å². The van der Waals surface area contributed by atoms with Crippen LogP contribution in [0.5, 0.6) is 0 Å². The summed E-state index contributed by atoms with van der Waals surface area (Å²) in [5.74, 6) is -0.0708. The number of rotatable bonds is 3. The van der Waals surface area contributed by atoms with E-state index in [0.29, 0.717) is 16.6 Å². The van der Waals surface area contributed by atoms with E-state index >= 15 is 0 Å². The minimum atomic E-state index is -0.413. The Labute approximate surface area is 117 Å². The summed E-state index contributed by atoms with van der Waals surface area (Å²) in [6.45, 7) is 1.79. The van der Waals surface area contributed by atoms with E-state index in [1.807, 2.05) is 0 Å². The molecule has 1 aliphatic rings. The Balaban J connectivity index is 2.23. The van der Waals surface area contributed by atoms with Crippen molar-refractivity contribution in [1.82, 2.24) is 4.98 Å². The maximum atomic E-state index is 11.7. The Morgan fingerprint density at radius 1 is 1.58 bits per heavy atom. The van der Waals surface area contributed by atoms with Crippen LogP contribution in [0.3, 0.4) is 0 Å². The minimum absolute atomic E-state index is 0.217.